The van der Waals surface area contributed by atoms with Crippen molar-refractivity contribution in [3.8, 4) is 0 Å². The van der Waals surface area contributed by atoms with Crippen LogP contribution in [0, 0.1) is 0 Å². The molecule has 0 aromatic heterocycles. The van der Waals surface area contributed by atoms with E-state index in [0.717, 1.165) is 11.8 Å². The van der Waals surface area contributed by atoms with Crippen LogP contribution in [0.5, 0.6) is 0 Å². The van der Waals surface area contributed by atoms with Crippen molar-refractivity contribution in [3.63, 3.8) is 0 Å². The van der Waals surface area contributed by atoms with Crippen molar-refractivity contribution in [1.29, 1.82) is 0 Å². The highest BCUT2D eigenvalue weighted by atomic mass is 32.2. The molecule has 1 aromatic carbocycles. The van der Waals surface area contributed by atoms with E-state index >= 15 is 0 Å². The van der Waals surface area contributed by atoms with Gasteiger partial charge < -0.3 is 20.5 Å². The molecular formula is C16H18N2O6S. The minimum Gasteiger partial charge on any atom is -0.480 e. The summed E-state index contributed by atoms with van der Waals surface area (Å²) in [6.45, 7) is 1.99. The number of carbonyl (C=O) groups is 4. The predicted octanol–water partition coefficient (Wildman–Crippen LogP) is 0.877. The van der Waals surface area contributed by atoms with E-state index in [9.17, 15) is 19.2 Å². The van der Waals surface area contributed by atoms with Crippen LogP contribution in [0.2, 0.25) is 0 Å². The molecular weight excluding hydrogens is 348 g/mol. The van der Waals surface area contributed by atoms with E-state index in [2.05, 4.69) is 10.6 Å². The number of esters is 1. The molecule has 0 saturated carbocycles. The lowest BCUT2D eigenvalue weighted by Crippen LogP contribution is -2.51. The molecule has 0 radical (unpaired) electrons. The third kappa shape index (κ3) is 5.21. The maximum atomic E-state index is 12.1. The number of ether oxygens (including phenoxy) is 1. The molecule has 0 spiro atoms. The van der Waals surface area contributed by atoms with Crippen molar-refractivity contribution in [1.82, 2.24) is 5.32 Å². The Morgan fingerprint density at radius 3 is 2.56 bits per heavy atom. The average Bonchev–Trinajstić information content (AvgIpc) is 2.57. The number of anilines is 1. The smallest absolute Gasteiger partial charge is 0.338 e. The molecule has 1 saturated heterocycles. The Kier molecular flexibility index (Phi) is 6.40. The highest BCUT2D eigenvalue weighted by Crippen LogP contribution is 2.22. The van der Waals surface area contributed by atoms with E-state index in [-0.39, 0.29) is 24.7 Å². The number of hydrogen-bond acceptors (Lipinski definition) is 6. The molecule has 25 heavy (non-hydrogen) atoms. The van der Waals surface area contributed by atoms with Gasteiger partial charge in [0.2, 0.25) is 11.8 Å². The Hall–Kier alpha value is -2.55. The number of aliphatic carboxylic acids is 1. The van der Waals surface area contributed by atoms with Gasteiger partial charge in [-0.1, -0.05) is 0 Å². The van der Waals surface area contributed by atoms with Gasteiger partial charge in [0.05, 0.1) is 17.4 Å². The topological polar surface area (TPSA) is 122 Å². The van der Waals surface area contributed by atoms with Gasteiger partial charge in [-0.25, -0.2) is 9.59 Å². The predicted molar refractivity (Wildman–Crippen MR) is 91.5 cm³/mol. The van der Waals surface area contributed by atoms with E-state index < -0.39 is 29.1 Å². The lowest BCUT2D eigenvalue weighted by molar-refractivity contribution is -0.141. The summed E-state index contributed by atoms with van der Waals surface area (Å²) in [6, 6.07) is 5.28. The van der Waals surface area contributed by atoms with Gasteiger partial charge >= 0.3 is 11.9 Å². The molecule has 8 nitrogen and oxygen atoms in total. The second kappa shape index (κ2) is 8.52. The SMILES string of the molecule is CCOC(=O)c1ccc(NC(=O)CC2SCC(C(=O)O)NC2=O)cc1. The average molecular weight is 366 g/mol. The number of hydrogen-bond donors (Lipinski definition) is 3. The van der Waals surface area contributed by atoms with Crippen molar-refractivity contribution in [2.45, 2.75) is 24.6 Å². The highest BCUT2D eigenvalue weighted by molar-refractivity contribution is 8.00. The molecule has 2 unspecified atom stereocenters. The van der Waals surface area contributed by atoms with E-state index in [1.165, 1.54) is 12.1 Å². The highest BCUT2D eigenvalue weighted by Gasteiger charge is 2.33. The number of rotatable bonds is 6. The molecule has 1 fully saturated rings. The summed E-state index contributed by atoms with van der Waals surface area (Å²) in [5, 5.41) is 13.3. The first-order valence-corrected chi connectivity index (χ1v) is 8.67. The Bertz CT molecular complexity index is 676. The van der Waals surface area contributed by atoms with Crippen LogP contribution in [-0.4, -0.2) is 52.5 Å². The zero-order valence-electron chi connectivity index (χ0n) is 13.5. The largest absolute Gasteiger partial charge is 0.480 e. The van der Waals surface area contributed by atoms with Crippen molar-refractivity contribution >= 4 is 41.2 Å². The van der Waals surface area contributed by atoms with Crippen LogP contribution < -0.4 is 10.6 Å². The van der Waals surface area contributed by atoms with Crippen LogP contribution in [0.3, 0.4) is 0 Å². The van der Waals surface area contributed by atoms with Crippen LogP contribution in [0.25, 0.3) is 0 Å². The number of nitrogens with one attached hydrogen (secondary N) is 2. The summed E-state index contributed by atoms with van der Waals surface area (Å²) in [4.78, 5) is 46.3. The van der Waals surface area contributed by atoms with Gasteiger partial charge in [0, 0.05) is 17.9 Å². The van der Waals surface area contributed by atoms with Gasteiger partial charge in [-0.05, 0) is 31.2 Å². The number of carbonyl (C=O) groups excluding carboxylic acids is 3. The van der Waals surface area contributed by atoms with Crippen LogP contribution >= 0.6 is 11.8 Å². The zero-order valence-corrected chi connectivity index (χ0v) is 14.3. The summed E-state index contributed by atoms with van der Waals surface area (Å²) in [6.07, 6.45) is -0.0670. The quantitative estimate of drug-likeness (QED) is 0.639. The van der Waals surface area contributed by atoms with Gasteiger partial charge in [-0.15, -0.1) is 11.8 Å². The Morgan fingerprint density at radius 1 is 1.32 bits per heavy atom. The summed E-state index contributed by atoms with van der Waals surface area (Å²) in [5.74, 6) is -2.15. The zero-order chi connectivity index (χ0) is 18.4. The third-order valence-corrected chi connectivity index (χ3v) is 4.73. The Labute approximate surface area is 148 Å². The molecule has 134 valence electrons. The van der Waals surface area contributed by atoms with Crippen molar-refractivity contribution in [2.24, 2.45) is 0 Å². The van der Waals surface area contributed by atoms with E-state index in [4.69, 9.17) is 9.84 Å². The normalized spacial score (nSPS) is 19.6. The van der Waals surface area contributed by atoms with E-state index in [1.54, 1.807) is 19.1 Å². The fraction of sp³-hybridized carbons (Fsp3) is 0.375. The van der Waals surface area contributed by atoms with Gasteiger partial charge in [-0.2, -0.15) is 0 Å². The van der Waals surface area contributed by atoms with Gasteiger partial charge in [-0.3, -0.25) is 9.59 Å². The molecule has 3 N–H and O–H groups in total. The van der Waals surface area contributed by atoms with Crippen molar-refractivity contribution < 1.29 is 29.0 Å². The van der Waals surface area contributed by atoms with Crippen LogP contribution in [0.15, 0.2) is 24.3 Å². The Balaban J connectivity index is 1.87. The second-order valence-electron chi connectivity index (χ2n) is 5.27. The summed E-state index contributed by atoms with van der Waals surface area (Å²) >= 11 is 1.14. The molecule has 9 heteroatoms. The monoisotopic (exact) mass is 366 g/mol. The van der Waals surface area contributed by atoms with Crippen molar-refractivity contribution in [3.05, 3.63) is 29.8 Å². The Morgan fingerprint density at radius 2 is 2.00 bits per heavy atom. The second-order valence-corrected chi connectivity index (χ2v) is 6.51. The fourth-order valence-corrected chi connectivity index (χ4v) is 3.30. The molecule has 1 aromatic rings. The number of thioether (sulfide) groups is 1. The molecule has 1 heterocycles. The molecule has 1 aliphatic heterocycles. The summed E-state index contributed by atoms with van der Waals surface area (Å²) in [7, 11) is 0. The number of amides is 2. The molecule has 0 bridgehead atoms. The van der Waals surface area contributed by atoms with Crippen LogP contribution in [-0.2, 0) is 19.1 Å². The molecule has 0 aliphatic carbocycles. The first-order chi connectivity index (χ1) is 11.9. The molecule has 2 amide bonds. The third-order valence-electron chi connectivity index (χ3n) is 3.42. The molecule has 2 rings (SSSR count). The maximum absolute atomic E-state index is 12.1. The first-order valence-electron chi connectivity index (χ1n) is 7.62. The van der Waals surface area contributed by atoms with Crippen molar-refractivity contribution in [2.75, 3.05) is 17.7 Å². The van der Waals surface area contributed by atoms with E-state index in [1.807, 2.05) is 0 Å². The van der Waals surface area contributed by atoms with Gasteiger partial charge in [0.15, 0.2) is 0 Å². The first kappa shape index (κ1) is 18.8. The van der Waals surface area contributed by atoms with Gasteiger partial charge in [0.25, 0.3) is 0 Å². The maximum Gasteiger partial charge on any atom is 0.338 e. The van der Waals surface area contributed by atoms with E-state index in [0.29, 0.717) is 11.3 Å². The standard InChI is InChI=1S/C16H18N2O6S/c1-2-24-16(23)9-3-5-10(6-4-9)17-13(19)7-12-14(20)18-11(8-25-12)15(21)22/h3-6,11-12H,2,7-8H2,1H3,(H,17,19)(H,18,20)(H,21,22). The van der Waals surface area contributed by atoms with Crippen LogP contribution in [0.4, 0.5) is 5.69 Å². The number of benzene rings is 1. The lowest BCUT2D eigenvalue weighted by Gasteiger charge is -2.25. The lowest BCUT2D eigenvalue weighted by atomic mass is 10.2. The number of carboxylic acid groups (broad SMARTS) is 1. The van der Waals surface area contributed by atoms with Crippen LogP contribution in [0.1, 0.15) is 23.7 Å². The minimum absolute atomic E-state index is 0.0670. The fourth-order valence-electron chi connectivity index (χ4n) is 2.16. The molecule has 2 atom stereocenters. The molecule has 1 aliphatic rings. The summed E-state index contributed by atoms with van der Waals surface area (Å²) < 4.78 is 4.87. The number of carboxylic acids is 1. The van der Waals surface area contributed by atoms with Gasteiger partial charge in [0.1, 0.15) is 6.04 Å². The minimum atomic E-state index is -1.09. The summed E-state index contributed by atoms with van der Waals surface area (Å²) in [5.41, 5.74) is 0.865.